The first kappa shape index (κ1) is 14.1. The van der Waals surface area contributed by atoms with Crippen molar-refractivity contribution in [1.82, 2.24) is 9.97 Å². The van der Waals surface area contributed by atoms with Crippen molar-refractivity contribution in [3.63, 3.8) is 0 Å². The van der Waals surface area contributed by atoms with Gasteiger partial charge in [-0.05, 0) is 23.8 Å². The molecule has 0 aliphatic carbocycles. The summed E-state index contributed by atoms with van der Waals surface area (Å²) in [6, 6.07) is 2.48. The molecule has 1 unspecified atom stereocenters. The standard InChI is InChI=1S/C14H22N4S/c1-9(14(2,3)4)18(6)11-10-7-8-19-12(10)17-13(15-5)16-11/h7-9H,1-6H3,(H,15,16,17). The van der Waals surface area contributed by atoms with Gasteiger partial charge >= 0.3 is 0 Å². The highest BCUT2D eigenvalue weighted by atomic mass is 32.1. The van der Waals surface area contributed by atoms with Gasteiger partial charge in [-0.3, -0.25) is 0 Å². The average Bonchev–Trinajstić information content (AvgIpc) is 2.82. The van der Waals surface area contributed by atoms with E-state index in [1.165, 1.54) is 0 Å². The lowest BCUT2D eigenvalue weighted by Crippen LogP contribution is -2.40. The van der Waals surface area contributed by atoms with Crippen LogP contribution in [0.5, 0.6) is 0 Å². The number of thiophene rings is 1. The molecule has 0 spiro atoms. The number of nitrogens with zero attached hydrogens (tertiary/aromatic N) is 3. The number of anilines is 2. The van der Waals surface area contributed by atoms with Crippen LogP contribution in [0.1, 0.15) is 27.7 Å². The van der Waals surface area contributed by atoms with Crippen LogP contribution in [-0.2, 0) is 0 Å². The van der Waals surface area contributed by atoms with Crippen molar-refractivity contribution in [2.75, 3.05) is 24.3 Å². The predicted molar refractivity (Wildman–Crippen MR) is 84.3 cm³/mol. The number of nitrogens with one attached hydrogen (secondary N) is 1. The van der Waals surface area contributed by atoms with Crippen LogP contribution in [0.3, 0.4) is 0 Å². The van der Waals surface area contributed by atoms with Crippen molar-refractivity contribution >= 4 is 33.3 Å². The first-order chi connectivity index (χ1) is 8.84. The SMILES string of the molecule is CNc1nc(N(C)C(C)C(C)(C)C)c2ccsc2n1. The summed E-state index contributed by atoms with van der Waals surface area (Å²) in [6.07, 6.45) is 0. The number of hydrogen-bond acceptors (Lipinski definition) is 5. The Morgan fingerprint density at radius 2 is 2.00 bits per heavy atom. The Kier molecular flexibility index (Phi) is 3.67. The molecule has 0 fully saturated rings. The molecule has 5 heteroatoms. The molecule has 1 atom stereocenters. The molecule has 0 aliphatic rings. The third kappa shape index (κ3) is 2.66. The first-order valence-corrected chi connectivity index (χ1v) is 7.38. The van der Waals surface area contributed by atoms with E-state index < -0.39 is 0 Å². The van der Waals surface area contributed by atoms with E-state index in [2.05, 4.69) is 66.4 Å². The maximum Gasteiger partial charge on any atom is 0.225 e. The summed E-state index contributed by atoms with van der Waals surface area (Å²) in [4.78, 5) is 12.4. The molecule has 2 aromatic heterocycles. The first-order valence-electron chi connectivity index (χ1n) is 6.50. The van der Waals surface area contributed by atoms with Crippen LogP contribution < -0.4 is 10.2 Å². The normalized spacial score (nSPS) is 13.6. The monoisotopic (exact) mass is 278 g/mol. The fraction of sp³-hybridized carbons (Fsp3) is 0.571. The van der Waals surface area contributed by atoms with Crippen LogP contribution in [0, 0.1) is 5.41 Å². The lowest BCUT2D eigenvalue weighted by Gasteiger charge is -2.36. The molecule has 0 aromatic carbocycles. The Bertz CT molecular complexity index is 570. The van der Waals surface area contributed by atoms with Crippen LogP contribution in [0.2, 0.25) is 0 Å². The number of hydrogen-bond donors (Lipinski definition) is 1. The van der Waals surface area contributed by atoms with E-state index in [-0.39, 0.29) is 5.41 Å². The summed E-state index contributed by atoms with van der Waals surface area (Å²) in [7, 11) is 3.96. The molecule has 104 valence electrons. The van der Waals surface area contributed by atoms with Crippen molar-refractivity contribution in [1.29, 1.82) is 0 Å². The quantitative estimate of drug-likeness (QED) is 0.931. The molecule has 4 nitrogen and oxygen atoms in total. The Labute approximate surface area is 118 Å². The van der Waals surface area contributed by atoms with Gasteiger partial charge in [0, 0.05) is 20.1 Å². The number of aromatic nitrogens is 2. The van der Waals surface area contributed by atoms with Gasteiger partial charge < -0.3 is 10.2 Å². The molecule has 0 aliphatic heterocycles. The van der Waals surface area contributed by atoms with E-state index >= 15 is 0 Å². The van der Waals surface area contributed by atoms with Gasteiger partial charge in [-0.25, -0.2) is 4.98 Å². The Morgan fingerprint density at radius 1 is 1.32 bits per heavy atom. The molecular formula is C14H22N4S. The van der Waals surface area contributed by atoms with Gasteiger partial charge in [0.1, 0.15) is 10.6 Å². The second-order valence-electron chi connectivity index (χ2n) is 5.91. The zero-order chi connectivity index (χ0) is 14.2. The van der Waals surface area contributed by atoms with Gasteiger partial charge in [-0.15, -0.1) is 11.3 Å². The lowest BCUT2D eigenvalue weighted by molar-refractivity contribution is 0.329. The highest BCUT2D eigenvalue weighted by Crippen LogP contribution is 2.33. The van der Waals surface area contributed by atoms with E-state index in [0.717, 1.165) is 16.0 Å². The summed E-state index contributed by atoms with van der Waals surface area (Å²) in [5, 5.41) is 6.23. The Hall–Kier alpha value is -1.36. The molecular weight excluding hydrogens is 256 g/mol. The minimum absolute atomic E-state index is 0.196. The summed E-state index contributed by atoms with van der Waals surface area (Å²) < 4.78 is 0. The second kappa shape index (κ2) is 4.96. The third-order valence-corrected chi connectivity index (χ3v) is 4.50. The lowest BCUT2D eigenvalue weighted by atomic mass is 9.87. The third-order valence-electron chi connectivity index (χ3n) is 3.70. The van der Waals surface area contributed by atoms with E-state index in [4.69, 9.17) is 0 Å². The molecule has 0 bridgehead atoms. The molecule has 2 aromatic rings. The smallest absolute Gasteiger partial charge is 0.225 e. The summed E-state index contributed by atoms with van der Waals surface area (Å²) in [5.74, 6) is 1.68. The Morgan fingerprint density at radius 3 is 2.58 bits per heavy atom. The summed E-state index contributed by atoms with van der Waals surface area (Å²) >= 11 is 1.65. The highest BCUT2D eigenvalue weighted by molar-refractivity contribution is 7.16. The zero-order valence-electron chi connectivity index (χ0n) is 12.5. The topological polar surface area (TPSA) is 41.1 Å². The van der Waals surface area contributed by atoms with Crippen molar-refractivity contribution in [3.8, 4) is 0 Å². The maximum absolute atomic E-state index is 4.64. The van der Waals surface area contributed by atoms with Gasteiger partial charge in [0.2, 0.25) is 5.95 Å². The second-order valence-corrected chi connectivity index (χ2v) is 6.81. The van der Waals surface area contributed by atoms with E-state index in [9.17, 15) is 0 Å². The predicted octanol–water partition coefficient (Wildman–Crippen LogP) is 3.60. The van der Waals surface area contributed by atoms with Crippen LogP contribution in [0.15, 0.2) is 11.4 Å². The number of fused-ring (bicyclic) bond motifs is 1. The summed E-state index contributed by atoms with van der Waals surface area (Å²) in [6.45, 7) is 8.98. The van der Waals surface area contributed by atoms with Gasteiger partial charge in [0.05, 0.1) is 5.39 Å². The molecule has 2 heterocycles. The highest BCUT2D eigenvalue weighted by Gasteiger charge is 2.26. The average molecular weight is 278 g/mol. The van der Waals surface area contributed by atoms with E-state index in [1.54, 1.807) is 11.3 Å². The number of rotatable bonds is 3. The maximum atomic E-state index is 4.64. The van der Waals surface area contributed by atoms with Gasteiger partial charge in [0.15, 0.2) is 0 Å². The molecule has 2 rings (SSSR count). The Balaban J connectivity index is 2.51. The largest absolute Gasteiger partial charge is 0.357 e. The van der Waals surface area contributed by atoms with Gasteiger partial charge in [-0.2, -0.15) is 4.98 Å². The van der Waals surface area contributed by atoms with E-state index in [1.807, 2.05) is 7.05 Å². The van der Waals surface area contributed by atoms with Crippen molar-refractivity contribution in [2.45, 2.75) is 33.7 Å². The van der Waals surface area contributed by atoms with Crippen molar-refractivity contribution in [3.05, 3.63) is 11.4 Å². The molecule has 0 saturated heterocycles. The molecule has 1 N–H and O–H groups in total. The van der Waals surface area contributed by atoms with Gasteiger partial charge in [-0.1, -0.05) is 20.8 Å². The van der Waals surface area contributed by atoms with Crippen LogP contribution in [0.25, 0.3) is 10.2 Å². The zero-order valence-corrected chi connectivity index (χ0v) is 13.3. The molecule has 0 saturated carbocycles. The van der Waals surface area contributed by atoms with E-state index in [0.29, 0.717) is 12.0 Å². The molecule has 19 heavy (non-hydrogen) atoms. The molecule has 0 amide bonds. The fourth-order valence-electron chi connectivity index (χ4n) is 1.98. The van der Waals surface area contributed by atoms with Crippen molar-refractivity contribution < 1.29 is 0 Å². The van der Waals surface area contributed by atoms with Crippen LogP contribution in [0.4, 0.5) is 11.8 Å². The minimum Gasteiger partial charge on any atom is -0.357 e. The summed E-state index contributed by atoms with van der Waals surface area (Å²) in [5.41, 5.74) is 0.196. The van der Waals surface area contributed by atoms with Gasteiger partial charge in [0.25, 0.3) is 0 Å². The molecule has 0 radical (unpaired) electrons. The van der Waals surface area contributed by atoms with Crippen molar-refractivity contribution in [2.24, 2.45) is 5.41 Å². The van der Waals surface area contributed by atoms with Crippen LogP contribution >= 0.6 is 11.3 Å². The minimum atomic E-state index is 0.196. The van der Waals surface area contributed by atoms with Crippen LogP contribution in [-0.4, -0.2) is 30.1 Å². The fourth-order valence-corrected chi connectivity index (χ4v) is 2.74.